The number of rotatable bonds is 1. The van der Waals surface area contributed by atoms with Crippen LogP contribution in [0, 0.1) is 3.57 Å². The highest BCUT2D eigenvalue weighted by Crippen LogP contribution is 2.36. The van der Waals surface area contributed by atoms with Crippen LogP contribution in [0.25, 0.3) is 10.1 Å². The largest absolute Gasteiger partial charge is 0.495 e. The van der Waals surface area contributed by atoms with Crippen LogP contribution in [0.3, 0.4) is 0 Å². The smallest absolute Gasteiger partial charge is 0.137 e. The molecular weight excluding hydrogens is 315 g/mol. The van der Waals surface area contributed by atoms with Crippen molar-refractivity contribution in [3.05, 3.63) is 21.8 Å². The lowest BCUT2D eigenvalue weighted by Crippen LogP contribution is -1.83. The molecule has 68 valence electrons. The van der Waals surface area contributed by atoms with Crippen LogP contribution in [0.4, 0.5) is 0 Å². The monoisotopic (exact) mass is 322 g/mol. The molecular formula is C9H7IOS2. The summed E-state index contributed by atoms with van der Waals surface area (Å²) in [5.74, 6) is 0.937. The van der Waals surface area contributed by atoms with E-state index in [0.29, 0.717) is 0 Å². The Morgan fingerprint density at radius 3 is 2.85 bits per heavy atom. The van der Waals surface area contributed by atoms with E-state index < -0.39 is 0 Å². The van der Waals surface area contributed by atoms with Gasteiger partial charge in [0.05, 0.1) is 16.0 Å². The first-order chi connectivity index (χ1) is 6.20. The van der Waals surface area contributed by atoms with Crippen molar-refractivity contribution >= 4 is 56.6 Å². The summed E-state index contributed by atoms with van der Waals surface area (Å²) in [6.07, 6.45) is 0. The molecule has 0 aliphatic heterocycles. The lowest BCUT2D eigenvalue weighted by molar-refractivity contribution is 0.420. The van der Waals surface area contributed by atoms with Gasteiger partial charge in [0.1, 0.15) is 5.75 Å². The lowest BCUT2D eigenvalue weighted by Gasteiger charge is -2.01. The molecule has 0 atom stereocenters. The zero-order valence-corrected chi connectivity index (χ0v) is 10.7. The molecule has 0 unspecified atom stereocenters. The third-order valence-electron chi connectivity index (χ3n) is 1.75. The highest BCUT2D eigenvalue weighted by Gasteiger charge is 2.06. The fourth-order valence-electron chi connectivity index (χ4n) is 1.22. The zero-order chi connectivity index (χ0) is 9.42. The first kappa shape index (κ1) is 9.61. The van der Waals surface area contributed by atoms with Gasteiger partial charge in [-0.1, -0.05) is 0 Å². The normalized spacial score (nSPS) is 10.7. The number of hydrogen-bond donors (Lipinski definition) is 1. The summed E-state index contributed by atoms with van der Waals surface area (Å²) in [5.41, 5.74) is 0. The molecule has 1 nitrogen and oxygen atoms in total. The van der Waals surface area contributed by atoms with Crippen LogP contribution < -0.4 is 4.74 Å². The molecule has 13 heavy (non-hydrogen) atoms. The Bertz CT molecular complexity index is 450. The minimum Gasteiger partial charge on any atom is -0.495 e. The fraction of sp³-hybridized carbons (Fsp3) is 0.111. The van der Waals surface area contributed by atoms with Crippen molar-refractivity contribution in [2.45, 2.75) is 4.21 Å². The minimum atomic E-state index is 0.937. The lowest BCUT2D eigenvalue weighted by atomic mass is 10.2. The Labute approximate surface area is 99.6 Å². The molecule has 0 saturated heterocycles. The SMILES string of the molecule is COc1cc(I)cc2cc(S)sc12. The van der Waals surface area contributed by atoms with Crippen LogP contribution in [-0.4, -0.2) is 7.11 Å². The molecule has 1 heterocycles. The molecule has 4 heteroatoms. The van der Waals surface area contributed by atoms with E-state index in [0.717, 1.165) is 9.96 Å². The van der Waals surface area contributed by atoms with Crippen molar-refractivity contribution < 1.29 is 4.74 Å². The first-order valence-corrected chi connectivity index (χ1v) is 6.01. The van der Waals surface area contributed by atoms with Gasteiger partial charge in [-0.25, -0.2) is 0 Å². The summed E-state index contributed by atoms with van der Waals surface area (Å²) in [6.45, 7) is 0. The number of methoxy groups -OCH3 is 1. The van der Waals surface area contributed by atoms with Crippen molar-refractivity contribution in [2.24, 2.45) is 0 Å². The van der Waals surface area contributed by atoms with Gasteiger partial charge < -0.3 is 4.74 Å². The Morgan fingerprint density at radius 1 is 1.38 bits per heavy atom. The number of thiophene rings is 1. The summed E-state index contributed by atoms with van der Waals surface area (Å²) in [5, 5.41) is 1.21. The van der Waals surface area contributed by atoms with Crippen LogP contribution in [0.1, 0.15) is 0 Å². The van der Waals surface area contributed by atoms with Crippen LogP contribution in [-0.2, 0) is 0 Å². The van der Waals surface area contributed by atoms with Gasteiger partial charge in [0.25, 0.3) is 0 Å². The maximum Gasteiger partial charge on any atom is 0.137 e. The molecule has 0 saturated carbocycles. The van der Waals surface area contributed by atoms with Gasteiger partial charge in [0.15, 0.2) is 0 Å². The van der Waals surface area contributed by atoms with Crippen LogP contribution in [0.5, 0.6) is 5.75 Å². The van der Waals surface area contributed by atoms with E-state index in [4.69, 9.17) is 4.74 Å². The second-order valence-electron chi connectivity index (χ2n) is 2.61. The predicted molar refractivity (Wildman–Crippen MR) is 68.3 cm³/mol. The number of halogens is 1. The summed E-state index contributed by atoms with van der Waals surface area (Å²) in [4.78, 5) is 0. The maximum absolute atomic E-state index is 5.29. The topological polar surface area (TPSA) is 9.23 Å². The number of thiol groups is 1. The molecule has 0 fully saturated rings. The molecule has 0 radical (unpaired) electrons. The van der Waals surface area contributed by atoms with Gasteiger partial charge in [-0.15, -0.1) is 24.0 Å². The van der Waals surface area contributed by atoms with E-state index in [1.165, 1.54) is 13.7 Å². The number of hydrogen-bond acceptors (Lipinski definition) is 3. The average Bonchev–Trinajstić information content (AvgIpc) is 2.43. The zero-order valence-electron chi connectivity index (χ0n) is 6.87. The molecule has 1 aromatic carbocycles. The van der Waals surface area contributed by atoms with E-state index in [-0.39, 0.29) is 0 Å². The van der Waals surface area contributed by atoms with E-state index in [1.807, 2.05) is 6.07 Å². The minimum absolute atomic E-state index is 0.937. The third-order valence-corrected chi connectivity index (χ3v) is 3.75. The molecule has 2 aromatic rings. The molecule has 0 N–H and O–H groups in total. The Kier molecular flexibility index (Phi) is 2.71. The van der Waals surface area contributed by atoms with Crippen molar-refractivity contribution in [3.8, 4) is 5.75 Å². The van der Waals surface area contributed by atoms with E-state index in [1.54, 1.807) is 18.4 Å². The maximum atomic E-state index is 5.29. The van der Waals surface area contributed by atoms with Crippen LogP contribution >= 0.6 is 46.6 Å². The van der Waals surface area contributed by atoms with Crippen molar-refractivity contribution in [1.29, 1.82) is 0 Å². The van der Waals surface area contributed by atoms with Crippen LogP contribution in [0.15, 0.2) is 22.4 Å². The van der Waals surface area contributed by atoms with Crippen molar-refractivity contribution in [3.63, 3.8) is 0 Å². The van der Waals surface area contributed by atoms with Gasteiger partial charge >= 0.3 is 0 Å². The summed E-state index contributed by atoms with van der Waals surface area (Å²) >= 11 is 8.26. The molecule has 0 aliphatic rings. The molecule has 0 amide bonds. The number of ether oxygens (including phenoxy) is 1. The Hall–Kier alpha value is 0.0600. The summed E-state index contributed by atoms with van der Waals surface area (Å²) in [7, 11) is 1.70. The molecule has 0 aliphatic carbocycles. The summed E-state index contributed by atoms with van der Waals surface area (Å²) < 4.78 is 8.68. The molecule has 0 spiro atoms. The third kappa shape index (κ3) is 1.80. The quantitative estimate of drug-likeness (QED) is 0.621. The fourth-order valence-corrected chi connectivity index (χ4v) is 3.13. The van der Waals surface area contributed by atoms with Gasteiger partial charge in [0, 0.05) is 3.57 Å². The van der Waals surface area contributed by atoms with Crippen LogP contribution in [0.2, 0.25) is 0 Å². The number of fused-ring (bicyclic) bond motifs is 1. The van der Waals surface area contributed by atoms with E-state index >= 15 is 0 Å². The summed E-state index contributed by atoms with van der Waals surface area (Å²) in [6, 6.07) is 6.23. The van der Waals surface area contributed by atoms with E-state index in [9.17, 15) is 0 Å². The Morgan fingerprint density at radius 2 is 2.15 bits per heavy atom. The molecule has 1 aromatic heterocycles. The second kappa shape index (κ2) is 3.67. The van der Waals surface area contributed by atoms with Gasteiger partial charge in [-0.3, -0.25) is 0 Å². The van der Waals surface area contributed by atoms with E-state index in [2.05, 4.69) is 47.4 Å². The predicted octanol–water partition coefficient (Wildman–Crippen LogP) is 3.80. The van der Waals surface area contributed by atoms with Gasteiger partial charge in [-0.2, -0.15) is 0 Å². The molecule has 2 rings (SSSR count). The van der Waals surface area contributed by atoms with Gasteiger partial charge in [-0.05, 0) is 46.2 Å². The standard InChI is InChI=1S/C9H7IOS2/c1-11-7-4-6(10)2-5-3-8(12)13-9(5)7/h2-4,12H,1H3. The highest BCUT2D eigenvalue weighted by molar-refractivity contribution is 14.1. The average molecular weight is 322 g/mol. The first-order valence-electron chi connectivity index (χ1n) is 3.67. The van der Waals surface area contributed by atoms with Crippen molar-refractivity contribution in [1.82, 2.24) is 0 Å². The van der Waals surface area contributed by atoms with Crippen molar-refractivity contribution in [2.75, 3.05) is 7.11 Å². The van der Waals surface area contributed by atoms with Gasteiger partial charge in [0.2, 0.25) is 0 Å². The molecule has 0 bridgehead atoms. The second-order valence-corrected chi connectivity index (χ2v) is 5.69. The Balaban J connectivity index is 2.80. The number of benzene rings is 1. The highest BCUT2D eigenvalue weighted by atomic mass is 127.